The molecule has 0 aromatic carbocycles. The number of sulfonamides is 1. The Kier molecular flexibility index (Phi) is 6.23. The Hall–Kier alpha value is -0.270. The number of hydrogen-bond acceptors (Lipinski definition) is 4. The lowest BCUT2D eigenvalue weighted by molar-refractivity contribution is -0.121. The highest BCUT2D eigenvalue weighted by atomic mass is 32.2. The third-order valence-electron chi connectivity index (χ3n) is 1.69. The summed E-state index contributed by atoms with van der Waals surface area (Å²) < 4.78 is 23.6. The molecule has 0 fully saturated rings. The van der Waals surface area contributed by atoms with Crippen molar-refractivity contribution < 1.29 is 13.2 Å². The molecule has 0 saturated carbocycles. The van der Waals surface area contributed by atoms with Crippen LogP contribution >= 0.6 is 12.6 Å². The van der Waals surface area contributed by atoms with E-state index in [2.05, 4.69) is 22.7 Å². The van der Waals surface area contributed by atoms with Crippen LogP contribution in [0.5, 0.6) is 0 Å². The van der Waals surface area contributed by atoms with Gasteiger partial charge in [-0.2, -0.15) is 12.6 Å². The van der Waals surface area contributed by atoms with E-state index in [4.69, 9.17) is 0 Å². The third kappa shape index (κ3) is 7.64. The van der Waals surface area contributed by atoms with Gasteiger partial charge in [-0.15, -0.1) is 0 Å². The topological polar surface area (TPSA) is 75.3 Å². The van der Waals surface area contributed by atoms with E-state index >= 15 is 0 Å². The van der Waals surface area contributed by atoms with Gasteiger partial charge in [-0.25, -0.2) is 13.1 Å². The average molecular weight is 254 g/mol. The van der Waals surface area contributed by atoms with E-state index in [0.717, 1.165) is 6.26 Å². The summed E-state index contributed by atoms with van der Waals surface area (Å²) >= 11 is 4.13. The lowest BCUT2D eigenvalue weighted by Gasteiger charge is -2.14. The molecule has 0 aliphatic rings. The molecule has 0 aromatic heterocycles. The fraction of sp³-hybridized carbons (Fsp3) is 0.875. The predicted octanol–water partition coefficient (Wildman–Crippen LogP) is -0.394. The van der Waals surface area contributed by atoms with Crippen molar-refractivity contribution in [1.82, 2.24) is 10.0 Å². The van der Waals surface area contributed by atoms with Crippen LogP contribution in [0.15, 0.2) is 0 Å². The van der Waals surface area contributed by atoms with Crippen molar-refractivity contribution in [3.05, 3.63) is 0 Å². The molecule has 0 aliphatic carbocycles. The first-order valence-corrected chi connectivity index (χ1v) is 7.05. The summed E-state index contributed by atoms with van der Waals surface area (Å²) in [6.45, 7) is 4.26. The number of hydrogen-bond donors (Lipinski definition) is 3. The van der Waals surface area contributed by atoms with Crippen LogP contribution < -0.4 is 10.0 Å². The fourth-order valence-corrected chi connectivity index (χ4v) is 1.39. The Morgan fingerprint density at radius 2 is 1.87 bits per heavy atom. The molecule has 0 rings (SSSR count). The van der Waals surface area contributed by atoms with Crippen LogP contribution in [0.1, 0.15) is 13.8 Å². The Morgan fingerprint density at radius 1 is 1.33 bits per heavy atom. The number of carbonyl (C=O) groups excluding carboxylic acids is 1. The zero-order valence-corrected chi connectivity index (χ0v) is 10.9. The molecule has 7 heteroatoms. The predicted molar refractivity (Wildman–Crippen MR) is 63.5 cm³/mol. The van der Waals surface area contributed by atoms with Crippen LogP contribution in [0, 0.1) is 5.92 Å². The molecule has 5 nitrogen and oxygen atoms in total. The van der Waals surface area contributed by atoms with Crippen molar-refractivity contribution in [2.75, 3.05) is 19.3 Å². The molecular formula is C8H18N2O3S2. The highest BCUT2D eigenvalue weighted by Crippen LogP contribution is 2.07. The lowest BCUT2D eigenvalue weighted by atomic mass is 10.1. The molecule has 0 radical (unpaired) electrons. The van der Waals surface area contributed by atoms with Crippen LogP contribution in [0.25, 0.3) is 0 Å². The van der Waals surface area contributed by atoms with E-state index < -0.39 is 10.0 Å². The molecule has 1 unspecified atom stereocenters. The Bertz CT molecular complexity index is 301. The van der Waals surface area contributed by atoms with Gasteiger partial charge in [0.05, 0.1) is 11.5 Å². The van der Waals surface area contributed by atoms with Crippen LogP contribution in [-0.2, 0) is 14.8 Å². The van der Waals surface area contributed by atoms with E-state index in [9.17, 15) is 13.2 Å². The van der Waals surface area contributed by atoms with Crippen molar-refractivity contribution in [3.8, 4) is 0 Å². The summed E-state index contributed by atoms with van der Waals surface area (Å²) in [6, 6.07) is 0. The molecule has 0 saturated heterocycles. The second-order valence-electron chi connectivity index (χ2n) is 3.65. The van der Waals surface area contributed by atoms with Gasteiger partial charge < -0.3 is 5.32 Å². The van der Waals surface area contributed by atoms with Crippen LogP contribution in [-0.4, -0.2) is 38.9 Å². The highest BCUT2D eigenvalue weighted by Gasteiger charge is 2.16. The molecule has 90 valence electrons. The van der Waals surface area contributed by atoms with Crippen molar-refractivity contribution in [2.45, 2.75) is 19.1 Å². The summed E-state index contributed by atoms with van der Waals surface area (Å²) in [7, 11) is -3.18. The van der Waals surface area contributed by atoms with Gasteiger partial charge in [0.25, 0.3) is 0 Å². The van der Waals surface area contributed by atoms with Gasteiger partial charge in [-0.3, -0.25) is 4.79 Å². The molecule has 15 heavy (non-hydrogen) atoms. The van der Waals surface area contributed by atoms with Crippen molar-refractivity contribution in [1.29, 1.82) is 0 Å². The Labute approximate surface area is 96.5 Å². The normalized spacial score (nSPS) is 13.9. The first-order valence-electron chi connectivity index (χ1n) is 4.64. The minimum atomic E-state index is -3.18. The molecule has 0 spiro atoms. The first-order chi connectivity index (χ1) is 6.74. The monoisotopic (exact) mass is 254 g/mol. The maximum absolute atomic E-state index is 11.3. The van der Waals surface area contributed by atoms with Gasteiger partial charge in [0.15, 0.2) is 0 Å². The summed E-state index contributed by atoms with van der Waals surface area (Å²) in [5, 5.41) is 2.24. The third-order valence-corrected chi connectivity index (χ3v) is 3.25. The Balaban J connectivity index is 3.74. The molecule has 1 atom stereocenters. The van der Waals surface area contributed by atoms with Crippen molar-refractivity contribution in [2.24, 2.45) is 5.92 Å². The molecule has 1 amide bonds. The van der Waals surface area contributed by atoms with Crippen LogP contribution in [0.2, 0.25) is 0 Å². The average Bonchev–Trinajstić information content (AvgIpc) is 2.09. The maximum atomic E-state index is 11.3. The summed E-state index contributed by atoms with van der Waals surface area (Å²) in [6.07, 6.45) is 1.07. The second-order valence-corrected chi connectivity index (χ2v) is 6.04. The minimum absolute atomic E-state index is 0.149. The fourth-order valence-electron chi connectivity index (χ4n) is 0.829. The van der Waals surface area contributed by atoms with Gasteiger partial charge in [0.2, 0.25) is 15.9 Å². The standard InChI is InChI=1S/C8H18N2O3S2/c1-6(2)7(14)8(11)9-4-5-10-15(3,12)13/h6-7,10,14H,4-5H2,1-3H3,(H,9,11). The smallest absolute Gasteiger partial charge is 0.233 e. The van der Waals surface area contributed by atoms with Crippen molar-refractivity contribution >= 4 is 28.6 Å². The number of rotatable bonds is 6. The maximum Gasteiger partial charge on any atom is 0.233 e. The number of nitrogens with one attached hydrogen (secondary N) is 2. The van der Waals surface area contributed by atoms with E-state index in [1.165, 1.54) is 0 Å². The minimum Gasteiger partial charge on any atom is -0.354 e. The zero-order chi connectivity index (χ0) is 12.1. The second kappa shape index (κ2) is 6.34. The van der Waals surface area contributed by atoms with E-state index in [1.54, 1.807) is 0 Å². The molecule has 0 aromatic rings. The first kappa shape index (κ1) is 14.7. The van der Waals surface area contributed by atoms with Gasteiger partial charge in [0.1, 0.15) is 0 Å². The summed E-state index contributed by atoms with van der Waals surface area (Å²) in [5.74, 6) is -0.0279. The quantitative estimate of drug-likeness (QED) is 0.446. The van der Waals surface area contributed by atoms with E-state index in [-0.39, 0.29) is 30.2 Å². The highest BCUT2D eigenvalue weighted by molar-refractivity contribution is 7.88. The number of carbonyl (C=O) groups is 1. The number of amides is 1. The SMILES string of the molecule is CC(C)C(S)C(=O)NCCNS(C)(=O)=O. The number of thiol groups is 1. The van der Waals surface area contributed by atoms with Crippen LogP contribution in [0.4, 0.5) is 0 Å². The largest absolute Gasteiger partial charge is 0.354 e. The molecule has 0 heterocycles. The van der Waals surface area contributed by atoms with Crippen LogP contribution in [0.3, 0.4) is 0 Å². The zero-order valence-electron chi connectivity index (χ0n) is 9.15. The molecule has 0 aliphatic heterocycles. The summed E-state index contributed by atoms with van der Waals surface area (Å²) in [5.41, 5.74) is 0. The Morgan fingerprint density at radius 3 is 2.27 bits per heavy atom. The van der Waals surface area contributed by atoms with Gasteiger partial charge in [-0.05, 0) is 5.92 Å². The van der Waals surface area contributed by atoms with Gasteiger partial charge >= 0.3 is 0 Å². The van der Waals surface area contributed by atoms with E-state index in [1.807, 2.05) is 13.8 Å². The molecular weight excluding hydrogens is 236 g/mol. The summed E-state index contributed by atoms with van der Waals surface area (Å²) in [4.78, 5) is 11.3. The van der Waals surface area contributed by atoms with Gasteiger partial charge in [-0.1, -0.05) is 13.8 Å². The molecule has 0 bridgehead atoms. The van der Waals surface area contributed by atoms with E-state index in [0.29, 0.717) is 0 Å². The van der Waals surface area contributed by atoms with Gasteiger partial charge in [0, 0.05) is 13.1 Å². The lowest BCUT2D eigenvalue weighted by Crippen LogP contribution is -2.39. The molecule has 2 N–H and O–H groups in total. The van der Waals surface area contributed by atoms with Crippen molar-refractivity contribution in [3.63, 3.8) is 0 Å².